The Labute approximate surface area is 195 Å². The number of fused-ring (bicyclic) bond motifs is 3. The average Bonchev–Trinajstić information content (AvgIpc) is 3.30. The first-order valence-electron chi connectivity index (χ1n) is 12.0. The summed E-state index contributed by atoms with van der Waals surface area (Å²) < 4.78 is 5.22. The van der Waals surface area contributed by atoms with E-state index in [-0.39, 0.29) is 30.6 Å². The molecule has 0 saturated carbocycles. The molecule has 33 heavy (non-hydrogen) atoms. The Morgan fingerprint density at radius 1 is 1.18 bits per heavy atom. The van der Waals surface area contributed by atoms with Crippen LogP contribution in [0.2, 0.25) is 0 Å². The number of amides is 2. The molecule has 2 amide bonds. The van der Waals surface area contributed by atoms with Crippen molar-refractivity contribution >= 4 is 23.0 Å². The van der Waals surface area contributed by atoms with Gasteiger partial charge in [0, 0.05) is 30.9 Å². The second kappa shape index (κ2) is 9.10. The van der Waals surface area contributed by atoms with Crippen LogP contribution in [0, 0.1) is 5.92 Å². The number of aliphatic hydroxyl groups excluding tert-OH is 1. The first kappa shape index (κ1) is 21.8. The molecule has 3 atom stereocenters. The predicted molar refractivity (Wildman–Crippen MR) is 132 cm³/mol. The van der Waals surface area contributed by atoms with Gasteiger partial charge >= 0.3 is 6.03 Å². The number of benzene rings is 2. The Morgan fingerprint density at radius 3 is 2.70 bits per heavy atom. The van der Waals surface area contributed by atoms with E-state index in [9.17, 15) is 9.90 Å². The van der Waals surface area contributed by atoms with Crippen LogP contribution < -0.4 is 15.0 Å². The number of nitrogens with one attached hydrogen (secondary N) is 1. The third-order valence-corrected chi connectivity index (χ3v) is 7.61. The van der Waals surface area contributed by atoms with Gasteiger partial charge < -0.3 is 25.0 Å². The van der Waals surface area contributed by atoms with E-state index in [0.717, 1.165) is 36.4 Å². The van der Waals surface area contributed by atoms with Crippen molar-refractivity contribution in [2.45, 2.75) is 44.2 Å². The van der Waals surface area contributed by atoms with Crippen LogP contribution in [0.5, 0.6) is 5.75 Å². The Balaban J connectivity index is 1.48. The molecular weight excluding hydrogens is 414 g/mol. The second-order valence-electron chi connectivity index (χ2n) is 9.36. The van der Waals surface area contributed by atoms with Gasteiger partial charge in [0.1, 0.15) is 5.75 Å². The van der Waals surface area contributed by atoms with Crippen molar-refractivity contribution in [1.82, 2.24) is 4.90 Å². The number of methoxy groups -OCH3 is 1. The van der Waals surface area contributed by atoms with Gasteiger partial charge in [-0.25, -0.2) is 4.79 Å². The van der Waals surface area contributed by atoms with Crippen LogP contribution >= 0.6 is 0 Å². The fourth-order valence-electron chi connectivity index (χ4n) is 5.85. The van der Waals surface area contributed by atoms with Gasteiger partial charge in [-0.15, -0.1) is 0 Å². The van der Waals surface area contributed by atoms with E-state index in [1.165, 1.54) is 29.5 Å². The molecule has 1 fully saturated rings. The molecule has 0 bridgehead atoms. The van der Waals surface area contributed by atoms with Gasteiger partial charge in [-0.3, -0.25) is 0 Å². The number of anilines is 2. The summed E-state index contributed by atoms with van der Waals surface area (Å²) in [5.41, 5.74) is 5.74. The van der Waals surface area contributed by atoms with Gasteiger partial charge in [-0.2, -0.15) is 0 Å². The third-order valence-electron chi connectivity index (χ3n) is 7.61. The van der Waals surface area contributed by atoms with Crippen LogP contribution in [0.15, 0.2) is 48.5 Å². The van der Waals surface area contributed by atoms with Crippen molar-refractivity contribution in [2.75, 3.05) is 37.5 Å². The van der Waals surface area contributed by atoms with E-state index in [1.54, 1.807) is 7.11 Å². The molecule has 174 valence electrons. The minimum atomic E-state index is -0.0952. The zero-order valence-electron chi connectivity index (χ0n) is 19.5. The first-order chi connectivity index (χ1) is 16.1. The van der Waals surface area contributed by atoms with Crippen molar-refractivity contribution in [2.24, 2.45) is 5.92 Å². The second-order valence-corrected chi connectivity index (χ2v) is 9.36. The zero-order chi connectivity index (χ0) is 22.9. The van der Waals surface area contributed by atoms with Crippen molar-refractivity contribution in [3.8, 4) is 5.75 Å². The summed E-state index contributed by atoms with van der Waals surface area (Å²) in [6.45, 7) is 0.756. The Kier molecular flexibility index (Phi) is 6.02. The number of carbonyl (C=O) groups is 1. The zero-order valence-corrected chi connectivity index (χ0v) is 19.5. The highest BCUT2D eigenvalue weighted by Crippen LogP contribution is 2.49. The molecule has 0 aromatic heterocycles. The van der Waals surface area contributed by atoms with Crippen LogP contribution in [0.1, 0.15) is 49.3 Å². The number of hydrogen-bond donors (Lipinski definition) is 2. The van der Waals surface area contributed by atoms with Gasteiger partial charge in [0.05, 0.1) is 25.8 Å². The van der Waals surface area contributed by atoms with Crippen molar-refractivity contribution < 1.29 is 14.6 Å². The highest BCUT2D eigenvalue weighted by Gasteiger charge is 2.47. The molecule has 2 aliphatic heterocycles. The molecular formula is C27H33N3O3. The number of likely N-dealkylation sites (N-methyl/N-ethyl adjacent to an activating group) is 1. The molecule has 2 N–H and O–H groups in total. The molecule has 2 aromatic rings. The molecule has 5 rings (SSSR count). The summed E-state index contributed by atoms with van der Waals surface area (Å²) in [4.78, 5) is 17.6. The topological polar surface area (TPSA) is 65.0 Å². The number of carbonyl (C=O) groups excluding carboxylic acids is 1. The number of ether oxygens (including phenoxy) is 1. The number of nitrogens with zero attached hydrogens (tertiary/aromatic N) is 2. The smallest absolute Gasteiger partial charge is 0.322 e. The van der Waals surface area contributed by atoms with E-state index in [2.05, 4.69) is 41.5 Å². The number of hydrogen-bond acceptors (Lipinski definition) is 4. The molecule has 6 heteroatoms. The maximum absolute atomic E-state index is 13.4. The molecule has 1 aliphatic carbocycles. The van der Waals surface area contributed by atoms with Gasteiger partial charge in [-0.05, 0) is 85.2 Å². The Morgan fingerprint density at radius 2 is 2.00 bits per heavy atom. The summed E-state index contributed by atoms with van der Waals surface area (Å²) in [6, 6.07) is 14.0. The maximum Gasteiger partial charge on any atom is 0.322 e. The Bertz CT molecular complexity index is 1050. The highest BCUT2D eigenvalue weighted by atomic mass is 16.5. The Hall–Kier alpha value is -2.99. The monoisotopic (exact) mass is 447 g/mol. The summed E-state index contributed by atoms with van der Waals surface area (Å²) in [6.07, 6.45) is 8.00. The summed E-state index contributed by atoms with van der Waals surface area (Å²) >= 11 is 0. The molecule has 0 unspecified atom stereocenters. The molecule has 2 aromatic carbocycles. The van der Waals surface area contributed by atoms with Crippen molar-refractivity contribution in [3.63, 3.8) is 0 Å². The number of rotatable bonds is 4. The summed E-state index contributed by atoms with van der Waals surface area (Å²) in [7, 11) is 3.69. The normalized spacial score (nSPS) is 24.1. The molecule has 6 nitrogen and oxygen atoms in total. The van der Waals surface area contributed by atoms with E-state index < -0.39 is 0 Å². The van der Waals surface area contributed by atoms with E-state index in [1.807, 2.05) is 29.2 Å². The first-order valence-corrected chi connectivity index (χ1v) is 12.0. The highest BCUT2D eigenvalue weighted by molar-refractivity contribution is 5.90. The summed E-state index contributed by atoms with van der Waals surface area (Å²) in [5.74, 6) is 0.957. The van der Waals surface area contributed by atoms with E-state index >= 15 is 0 Å². The molecule has 1 saturated heterocycles. The van der Waals surface area contributed by atoms with Crippen LogP contribution in [-0.4, -0.2) is 49.4 Å². The maximum atomic E-state index is 13.4. The third kappa shape index (κ3) is 3.97. The van der Waals surface area contributed by atoms with E-state index in [0.29, 0.717) is 6.54 Å². The lowest BCUT2D eigenvalue weighted by molar-refractivity contribution is 0.168. The van der Waals surface area contributed by atoms with Crippen molar-refractivity contribution in [3.05, 3.63) is 59.7 Å². The lowest BCUT2D eigenvalue weighted by atomic mass is 9.80. The summed E-state index contributed by atoms with van der Waals surface area (Å²) in [5, 5.41) is 13.3. The lowest BCUT2D eigenvalue weighted by Crippen LogP contribution is -2.48. The number of urea groups is 1. The minimum absolute atomic E-state index is 0.000956. The minimum Gasteiger partial charge on any atom is -0.497 e. The van der Waals surface area contributed by atoms with Crippen molar-refractivity contribution in [1.29, 1.82) is 0 Å². The van der Waals surface area contributed by atoms with Crippen LogP contribution in [0.25, 0.3) is 5.57 Å². The largest absolute Gasteiger partial charge is 0.497 e. The van der Waals surface area contributed by atoms with Gasteiger partial charge in [0.2, 0.25) is 0 Å². The van der Waals surface area contributed by atoms with Gasteiger partial charge in [0.25, 0.3) is 0 Å². The SMILES string of the molecule is COc1ccc(NC(=O)N2CC[C@@H]3[C@H]2c2cc(C4=CCCCC4)ccc2N(C)[C@H]3CO)cc1. The van der Waals surface area contributed by atoms with Crippen LogP contribution in [0.4, 0.5) is 16.2 Å². The van der Waals surface area contributed by atoms with Gasteiger partial charge in [-0.1, -0.05) is 12.1 Å². The van der Waals surface area contributed by atoms with Crippen LogP contribution in [0.3, 0.4) is 0 Å². The predicted octanol–water partition coefficient (Wildman–Crippen LogP) is 5.06. The van der Waals surface area contributed by atoms with Gasteiger partial charge in [0.15, 0.2) is 0 Å². The molecule has 2 heterocycles. The number of likely N-dealkylation sites (tertiary alicyclic amines) is 1. The molecule has 0 spiro atoms. The standard InChI is InChI=1S/C27H33N3O3/c1-29-24-13-8-19(18-6-4-3-5-7-18)16-23(24)26-22(25(29)17-31)14-15-30(26)27(32)28-20-9-11-21(33-2)12-10-20/h6,8-13,16,22,25-26,31H,3-5,7,14-15,17H2,1-2H3,(H,28,32)/t22-,25-,26-/m0/s1. The van der Waals surface area contributed by atoms with Crippen LogP contribution in [-0.2, 0) is 0 Å². The quantitative estimate of drug-likeness (QED) is 0.688. The number of aliphatic hydroxyl groups is 1. The molecule has 3 aliphatic rings. The average molecular weight is 448 g/mol. The number of allylic oxidation sites excluding steroid dienone is 2. The molecule has 0 radical (unpaired) electrons. The fourth-order valence-corrected chi connectivity index (χ4v) is 5.85. The lowest BCUT2D eigenvalue weighted by Gasteiger charge is -2.44. The fraction of sp³-hybridized carbons (Fsp3) is 0.444. The van der Waals surface area contributed by atoms with E-state index in [4.69, 9.17) is 4.74 Å².